The van der Waals surface area contributed by atoms with Crippen LogP contribution >= 0.6 is 8.30 Å². The summed E-state index contributed by atoms with van der Waals surface area (Å²) in [7, 11) is -0.545. The van der Waals surface area contributed by atoms with E-state index in [-0.39, 0.29) is 0 Å². The Morgan fingerprint density at radius 3 is 2.14 bits per heavy atom. The summed E-state index contributed by atoms with van der Waals surface area (Å²) in [5.41, 5.74) is 0. The zero-order valence-electron chi connectivity index (χ0n) is 9.82. The maximum atomic E-state index is 6.66. The molecule has 14 heavy (non-hydrogen) atoms. The second-order valence-electron chi connectivity index (χ2n) is 3.75. The first-order valence-corrected chi connectivity index (χ1v) is 6.64. The molecule has 82 valence electrons. The van der Waals surface area contributed by atoms with Gasteiger partial charge in [-0.2, -0.15) is 0 Å². The number of nitrogens with zero attached hydrogens (tertiary/aromatic N) is 2. The van der Waals surface area contributed by atoms with Gasteiger partial charge in [0.25, 0.3) is 0 Å². The van der Waals surface area contributed by atoms with Gasteiger partial charge in [-0.3, -0.25) is 4.67 Å². The van der Waals surface area contributed by atoms with Gasteiger partial charge < -0.3 is 9.37 Å². The molecule has 0 spiro atoms. The highest BCUT2D eigenvalue weighted by atomic mass is 31.2. The summed E-state index contributed by atoms with van der Waals surface area (Å²) in [6.45, 7) is 18.5. The Labute approximate surface area is 89.1 Å². The van der Waals surface area contributed by atoms with E-state index in [4.69, 9.17) is 11.1 Å². The van der Waals surface area contributed by atoms with Gasteiger partial charge in [0.05, 0.1) is 0 Å². The molecule has 0 bridgehead atoms. The molecule has 0 N–H and O–H groups in total. The third kappa shape index (κ3) is 4.91. The Morgan fingerprint density at radius 2 is 1.79 bits per heavy atom. The number of hydrogen-bond donors (Lipinski definition) is 0. The van der Waals surface area contributed by atoms with Crippen molar-refractivity contribution in [3.63, 3.8) is 0 Å². The standard InChI is InChI=1S/C10H21N2OP/c1-9(2)12(10(3)4)14(6)13-8-7-11-5/h9-10H,7-8H2,1-4,6H3. The Hall–Kier alpha value is -0.160. The second-order valence-corrected chi connectivity index (χ2v) is 5.40. The predicted octanol–water partition coefficient (Wildman–Crippen LogP) is 2.98. The monoisotopic (exact) mass is 216 g/mol. The first-order chi connectivity index (χ1) is 6.50. The predicted molar refractivity (Wildman–Crippen MR) is 62.4 cm³/mol. The fourth-order valence-corrected chi connectivity index (χ4v) is 3.31. The van der Waals surface area contributed by atoms with E-state index in [0.29, 0.717) is 25.2 Å². The lowest BCUT2D eigenvalue weighted by atomic mass is 10.3. The Balaban J connectivity index is 4.03. The maximum absolute atomic E-state index is 6.66. The second kappa shape index (κ2) is 7.17. The molecule has 1 unspecified atom stereocenters. The molecule has 0 fully saturated rings. The van der Waals surface area contributed by atoms with E-state index in [9.17, 15) is 0 Å². The van der Waals surface area contributed by atoms with Crippen LogP contribution in [-0.2, 0) is 4.52 Å². The molecule has 1 atom stereocenters. The van der Waals surface area contributed by atoms with E-state index in [2.05, 4.69) is 43.9 Å². The Morgan fingerprint density at radius 1 is 1.29 bits per heavy atom. The van der Waals surface area contributed by atoms with E-state index in [1.165, 1.54) is 0 Å². The SMILES string of the molecule is [C-]#[N+]CCOP(C)N(C(C)C)C(C)C. The van der Waals surface area contributed by atoms with Crippen LogP contribution in [0.1, 0.15) is 27.7 Å². The number of rotatable bonds is 6. The van der Waals surface area contributed by atoms with E-state index in [1.54, 1.807) is 0 Å². The van der Waals surface area contributed by atoms with Crippen LogP contribution in [-0.4, -0.2) is 36.6 Å². The van der Waals surface area contributed by atoms with Gasteiger partial charge in [-0.25, -0.2) is 6.57 Å². The van der Waals surface area contributed by atoms with Gasteiger partial charge >= 0.3 is 0 Å². The van der Waals surface area contributed by atoms with Crippen molar-refractivity contribution < 1.29 is 4.52 Å². The average Bonchev–Trinajstić information content (AvgIpc) is 2.03. The smallest absolute Gasteiger partial charge is 0.238 e. The minimum Gasteiger partial charge on any atom is -0.336 e. The lowest BCUT2D eigenvalue weighted by molar-refractivity contribution is 0.263. The summed E-state index contributed by atoms with van der Waals surface area (Å²) in [6, 6.07) is 0.998. The summed E-state index contributed by atoms with van der Waals surface area (Å²) in [4.78, 5) is 3.27. The third-order valence-electron chi connectivity index (χ3n) is 1.86. The summed E-state index contributed by atoms with van der Waals surface area (Å²) in [6.07, 6.45) is 0. The van der Waals surface area contributed by atoms with Gasteiger partial charge in [-0.05, 0) is 34.4 Å². The fraction of sp³-hybridized carbons (Fsp3) is 0.900. The highest BCUT2D eigenvalue weighted by Gasteiger charge is 2.20. The molecule has 0 aliphatic carbocycles. The van der Waals surface area contributed by atoms with E-state index >= 15 is 0 Å². The first kappa shape index (κ1) is 13.8. The van der Waals surface area contributed by atoms with Crippen molar-refractivity contribution in [2.24, 2.45) is 0 Å². The molecule has 0 aromatic rings. The quantitative estimate of drug-likeness (QED) is 0.385. The summed E-state index contributed by atoms with van der Waals surface area (Å²) < 4.78 is 8.00. The Bertz CT molecular complexity index is 181. The molecule has 3 nitrogen and oxygen atoms in total. The van der Waals surface area contributed by atoms with Gasteiger partial charge in [0.15, 0.2) is 0 Å². The molecule has 0 aliphatic heterocycles. The van der Waals surface area contributed by atoms with Gasteiger partial charge in [-0.15, -0.1) is 0 Å². The van der Waals surface area contributed by atoms with Crippen LogP contribution in [0.25, 0.3) is 4.85 Å². The van der Waals surface area contributed by atoms with Crippen molar-refractivity contribution in [1.29, 1.82) is 0 Å². The molecule has 0 rings (SSSR count). The van der Waals surface area contributed by atoms with Crippen LogP contribution < -0.4 is 0 Å². The van der Waals surface area contributed by atoms with Crippen LogP contribution in [0.4, 0.5) is 0 Å². The van der Waals surface area contributed by atoms with Crippen LogP contribution in [0.2, 0.25) is 0 Å². The van der Waals surface area contributed by atoms with Crippen LogP contribution in [0.3, 0.4) is 0 Å². The lowest BCUT2D eigenvalue weighted by Gasteiger charge is -2.34. The topological polar surface area (TPSA) is 16.8 Å². The molecule has 0 saturated heterocycles. The average molecular weight is 216 g/mol. The molecular weight excluding hydrogens is 195 g/mol. The maximum Gasteiger partial charge on any atom is 0.238 e. The van der Waals surface area contributed by atoms with E-state index < -0.39 is 8.30 Å². The van der Waals surface area contributed by atoms with Gasteiger partial charge in [0, 0.05) is 12.1 Å². The zero-order chi connectivity index (χ0) is 11.1. The molecular formula is C10H21N2OP. The van der Waals surface area contributed by atoms with Crippen LogP contribution in [0, 0.1) is 6.57 Å². The highest BCUT2D eigenvalue weighted by Crippen LogP contribution is 2.40. The normalized spacial score (nSPS) is 13.6. The van der Waals surface area contributed by atoms with Crippen molar-refractivity contribution in [2.75, 3.05) is 19.8 Å². The molecule has 0 amide bonds. The van der Waals surface area contributed by atoms with Crippen molar-refractivity contribution in [2.45, 2.75) is 39.8 Å². The van der Waals surface area contributed by atoms with Gasteiger partial charge in [0.1, 0.15) is 14.9 Å². The molecule has 0 saturated carbocycles. The number of hydrogen-bond acceptors (Lipinski definition) is 2. The van der Waals surface area contributed by atoms with Crippen LogP contribution in [0.5, 0.6) is 0 Å². The zero-order valence-corrected chi connectivity index (χ0v) is 10.7. The van der Waals surface area contributed by atoms with E-state index in [1.807, 2.05) is 0 Å². The van der Waals surface area contributed by atoms with Crippen molar-refractivity contribution >= 4 is 8.30 Å². The molecule has 0 aromatic heterocycles. The van der Waals surface area contributed by atoms with Crippen molar-refractivity contribution in [1.82, 2.24) is 4.67 Å². The molecule has 4 heteroatoms. The molecule has 0 radical (unpaired) electrons. The van der Waals surface area contributed by atoms with Gasteiger partial charge in [-0.1, -0.05) is 0 Å². The summed E-state index contributed by atoms with van der Waals surface area (Å²) in [5, 5.41) is 0. The summed E-state index contributed by atoms with van der Waals surface area (Å²) in [5.74, 6) is 0. The lowest BCUT2D eigenvalue weighted by Crippen LogP contribution is -2.32. The molecule has 0 aliphatic rings. The highest BCUT2D eigenvalue weighted by molar-refractivity contribution is 7.49. The van der Waals surface area contributed by atoms with Crippen LogP contribution in [0.15, 0.2) is 0 Å². The third-order valence-corrected chi connectivity index (χ3v) is 4.00. The minimum atomic E-state index is -0.545. The molecule has 0 heterocycles. The van der Waals surface area contributed by atoms with Crippen molar-refractivity contribution in [3.8, 4) is 0 Å². The molecule has 0 aromatic carbocycles. The van der Waals surface area contributed by atoms with E-state index in [0.717, 1.165) is 0 Å². The van der Waals surface area contributed by atoms with Gasteiger partial charge in [0.2, 0.25) is 6.54 Å². The Kier molecular flexibility index (Phi) is 7.09. The fourth-order valence-electron chi connectivity index (χ4n) is 1.53. The first-order valence-electron chi connectivity index (χ1n) is 4.98. The minimum absolute atomic E-state index is 0.469. The largest absolute Gasteiger partial charge is 0.336 e. The summed E-state index contributed by atoms with van der Waals surface area (Å²) >= 11 is 0. The van der Waals surface area contributed by atoms with Crippen molar-refractivity contribution in [3.05, 3.63) is 11.4 Å².